The van der Waals surface area contributed by atoms with Crippen LogP contribution in [0.4, 0.5) is 0 Å². The van der Waals surface area contributed by atoms with E-state index < -0.39 is 6.10 Å². The van der Waals surface area contributed by atoms with Gasteiger partial charge in [0.15, 0.2) is 0 Å². The van der Waals surface area contributed by atoms with Gasteiger partial charge in [-0.1, -0.05) is 30.3 Å². The lowest BCUT2D eigenvalue weighted by Crippen LogP contribution is -2.35. The van der Waals surface area contributed by atoms with Crippen LogP contribution in [0.2, 0.25) is 0 Å². The molecule has 5 nitrogen and oxygen atoms in total. The molecule has 1 aliphatic carbocycles. The van der Waals surface area contributed by atoms with Crippen LogP contribution in [0.5, 0.6) is 5.75 Å². The third-order valence-electron chi connectivity index (χ3n) is 6.81. The van der Waals surface area contributed by atoms with Gasteiger partial charge in [0.2, 0.25) is 0 Å². The van der Waals surface area contributed by atoms with Crippen molar-refractivity contribution in [3.63, 3.8) is 0 Å². The van der Waals surface area contributed by atoms with E-state index >= 15 is 0 Å². The van der Waals surface area contributed by atoms with E-state index in [-0.39, 0.29) is 12.7 Å². The van der Waals surface area contributed by atoms with Crippen molar-refractivity contribution in [2.75, 3.05) is 26.2 Å². The normalized spacial score (nSPS) is 24.4. The summed E-state index contributed by atoms with van der Waals surface area (Å²) in [4.78, 5) is 6.76. The predicted octanol–water partition coefficient (Wildman–Crippen LogP) is 3.65. The van der Waals surface area contributed by atoms with Crippen molar-refractivity contribution >= 4 is 10.8 Å². The van der Waals surface area contributed by atoms with Crippen molar-refractivity contribution in [3.8, 4) is 16.9 Å². The van der Waals surface area contributed by atoms with E-state index in [2.05, 4.69) is 34.1 Å². The molecule has 2 fully saturated rings. The lowest BCUT2D eigenvalue weighted by atomic mass is 9.98. The summed E-state index contributed by atoms with van der Waals surface area (Å²) >= 11 is 0. The first-order valence-corrected chi connectivity index (χ1v) is 11.2. The number of fused-ring (bicyclic) bond motifs is 2. The van der Waals surface area contributed by atoms with Crippen molar-refractivity contribution in [1.29, 1.82) is 0 Å². The fourth-order valence-electron chi connectivity index (χ4n) is 5.33. The molecule has 1 aliphatic heterocycles. The average Bonchev–Trinajstić information content (AvgIpc) is 3.29. The fraction of sp³-hybridized carbons (Fsp3) is 0.423. The van der Waals surface area contributed by atoms with Gasteiger partial charge < -0.3 is 19.8 Å². The van der Waals surface area contributed by atoms with Gasteiger partial charge in [-0.25, -0.2) is 0 Å². The zero-order valence-electron chi connectivity index (χ0n) is 17.9. The number of aryl methyl sites for hydroxylation is 1. The van der Waals surface area contributed by atoms with E-state index in [0.717, 1.165) is 59.3 Å². The molecule has 5 heteroatoms. The standard InChI is InChI=1S/C26H30N2O3/c1-17-6-7-18(12-27-17)23-8-9-26(25-5-3-2-4-24(23)25)31-16-22(30)15-28-13-19-10-21(29)11-20(19)14-28/h2-9,12,19-22,29-30H,10-11,13-16H2,1H3/t19-,20+,21?,22?. The summed E-state index contributed by atoms with van der Waals surface area (Å²) in [6.45, 7) is 4.82. The van der Waals surface area contributed by atoms with E-state index in [1.54, 1.807) is 0 Å². The number of ether oxygens (including phenoxy) is 1. The van der Waals surface area contributed by atoms with Crippen LogP contribution in [0, 0.1) is 18.8 Å². The van der Waals surface area contributed by atoms with Gasteiger partial charge in [-0.2, -0.15) is 0 Å². The second kappa shape index (κ2) is 8.58. The van der Waals surface area contributed by atoms with Gasteiger partial charge in [0.25, 0.3) is 0 Å². The first kappa shape index (κ1) is 20.4. The first-order chi connectivity index (χ1) is 15.1. The van der Waals surface area contributed by atoms with Gasteiger partial charge in [0.1, 0.15) is 18.5 Å². The molecular weight excluding hydrogens is 388 g/mol. The first-order valence-electron chi connectivity index (χ1n) is 11.2. The average molecular weight is 419 g/mol. The number of rotatable bonds is 6. The SMILES string of the molecule is Cc1ccc(-c2ccc(OCC(O)CN3C[C@H]4CC(O)C[C@H]4C3)c3ccccc23)cn1. The Morgan fingerprint density at radius 1 is 1.03 bits per heavy atom. The maximum atomic E-state index is 10.6. The molecular formula is C26H30N2O3. The molecule has 1 saturated heterocycles. The van der Waals surface area contributed by atoms with Crippen LogP contribution in [0.25, 0.3) is 21.9 Å². The minimum absolute atomic E-state index is 0.127. The summed E-state index contributed by atoms with van der Waals surface area (Å²) in [5.74, 6) is 1.95. The monoisotopic (exact) mass is 418 g/mol. The van der Waals surface area contributed by atoms with Crippen LogP contribution >= 0.6 is 0 Å². The zero-order chi connectivity index (χ0) is 21.4. The van der Waals surface area contributed by atoms with E-state index in [1.165, 1.54) is 0 Å². The number of benzene rings is 2. The number of aliphatic hydroxyl groups is 2. The quantitative estimate of drug-likeness (QED) is 0.640. The molecule has 1 aromatic heterocycles. The summed E-state index contributed by atoms with van der Waals surface area (Å²) in [5.41, 5.74) is 3.21. The number of nitrogens with zero attached hydrogens (tertiary/aromatic N) is 2. The number of aliphatic hydroxyl groups excluding tert-OH is 2. The van der Waals surface area contributed by atoms with E-state index in [4.69, 9.17) is 4.74 Å². The highest BCUT2D eigenvalue weighted by atomic mass is 16.5. The highest BCUT2D eigenvalue weighted by Gasteiger charge is 2.40. The molecule has 2 unspecified atom stereocenters. The highest BCUT2D eigenvalue weighted by Crippen LogP contribution is 2.38. The molecule has 162 valence electrons. The molecule has 5 rings (SSSR count). The van der Waals surface area contributed by atoms with Crippen molar-refractivity contribution < 1.29 is 14.9 Å². The maximum Gasteiger partial charge on any atom is 0.127 e. The number of β-amino-alcohol motifs (C(OH)–C–C–N with tert-alkyl or cyclic N) is 1. The molecule has 2 aliphatic rings. The summed E-state index contributed by atoms with van der Waals surface area (Å²) in [7, 11) is 0. The number of likely N-dealkylation sites (tertiary alicyclic amines) is 1. The van der Waals surface area contributed by atoms with Gasteiger partial charge >= 0.3 is 0 Å². The second-order valence-corrected chi connectivity index (χ2v) is 9.17. The van der Waals surface area contributed by atoms with Crippen LogP contribution in [0.15, 0.2) is 54.7 Å². The second-order valence-electron chi connectivity index (χ2n) is 9.17. The molecule has 2 heterocycles. The number of aromatic nitrogens is 1. The van der Waals surface area contributed by atoms with Gasteiger partial charge in [0, 0.05) is 42.5 Å². The van der Waals surface area contributed by atoms with Gasteiger partial charge in [-0.15, -0.1) is 0 Å². The fourth-order valence-corrected chi connectivity index (χ4v) is 5.33. The van der Waals surface area contributed by atoms with Crippen LogP contribution in [0.1, 0.15) is 18.5 Å². The Labute approximate surface area is 183 Å². The zero-order valence-corrected chi connectivity index (χ0v) is 17.9. The van der Waals surface area contributed by atoms with Gasteiger partial charge in [-0.3, -0.25) is 4.98 Å². The Morgan fingerprint density at radius 3 is 2.48 bits per heavy atom. The van der Waals surface area contributed by atoms with E-state index in [0.29, 0.717) is 18.4 Å². The molecule has 1 saturated carbocycles. The summed E-state index contributed by atoms with van der Waals surface area (Å²) in [5, 5.41) is 22.6. The van der Waals surface area contributed by atoms with Crippen molar-refractivity contribution in [2.45, 2.75) is 32.0 Å². The van der Waals surface area contributed by atoms with Gasteiger partial charge in [0.05, 0.1) is 6.10 Å². The third kappa shape index (κ3) is 4.31. The van der Waals surface area contributed by atoms with Crippen LogP contribution in [-0.4, -0.2) is 58.5 Å². The summed E-state index contributed by atoms with van der Waals surface area (Å²) < 4.78 is 6.08. The molecule has 4 atom stereocenters. The molecule has 0 bridgehead atoms. The Hall–Kier alpha value is -2.47. The van der Waals surface area contributed by atoms with Crippen LogP contribution in [-0.2, 0) is 0 Å². The summed E-state index contributed by atoms with van der Waals surface area (Å²) in [6.07, 6.45) is 3.05. The van der Waals surface area contributed by atoms with Crippen LogP contribution < -0.4 is 4.74 Å². The molecule has 0 radical (unpaired) electrons. The smallest absolute Gasteiger partial charge is 0.127 e. The Morgan fingerprint density at radius 2 is 1.77 bits per heavy atom. The lowest BCUT2D eigenvalue weighted by Gasteiger charge is -2.22. The van der Waals surface area contributed by atoms with E-state index in [9.17, 15) is 10.2 Å². The lowest BCUT2D eigenvalue weighted by molar-refractivity contribution is 0.0713. The highest BCUT2D eigenvalue weighted by molar-refractivity contribution is 6.00. The Balaban J connectivity index is 1.27. The van der Waals surface area contributed by atoms with Crippen LogP contribution in [0.3, 0.4) is 0 Å². The molecule has 31 heavy (non-hydrogen) atoms. The van der Waals surface area contributed by atoms with Crippen molar-refractivity contribution in [2.24, 2.45) is 11.8 Å². The number of hydrogen-bond acceptors (Lipinski definition) is 5. The number of hydrogen-bond donors (Lipinski definition) is 2. The molecule has 0 amide bonds. The number of pyridine rings is 1. The summed E-state index contributed by atoms with van der Waals surface area (Å²) in [6, 6.07) is 16.4. The van der Waals surface area contributed by atoms with Crippen molar-refractivity contribution in [3.05, 3.63) is 60.4 Å². The minimum atomic E-state index is -0.538. The Kier molecular flexibility index (Phi) is 5.65. The molecule has 2 aromatic carbocycles. The van der Waals surface area contributed by atoms with E-state index in [1.807, 2.05) is 37.4 Å². The Bertz CT molecular complexity index is 1040. The molecule has 2 N–H and O–H groups in total. The topological polar surface area (TPSA) is 65.8 Å². The third-order valence-corrected chi connectivity index (χ3v) is 6.81. The van der Waals surface area contributed by atoms with Gasteiger partial charge in [-0.05, 0) is 60.7 Å². The predicted molar refractivity (Wildman–Crippen MR) is 122 cm³/mol. The minimum Gasteiger partial charge on any atom is -0.490 e. The molecule has 3 aromatic rings. The largest absolute Gasteiger partial charge is 0.490 e. The molecule has 0 spiro atoms. The maximum absolute atomic E-state index is 10.6. The van der Waals surface area contributed by atoms with Crippen molar-refractivity contribution in [1.82, 2.24) is 9.88 Å².